The van der Waals surface area contributed by atoms with Crippen molar-refractivity contribution in [1.29, 1.82) is 0 Å². The summed E-state index contributed by atoms with van der Waals surface area (Å²) in [7, 11) is 0. The molecule has 1 aliphatic heterocycles. The van der Waals surface area contributed by atoms with E-state index in [4.69, 9.17) is 0 Å². The highest BCUT2D eigenvalue weighted by molar-refractivity contribution is 7.20. The van der Waals surface area contributed by atoms with Gasteiger partial charge in [-0.2, -0.15) is 0 Å². The number of rotatable bonds is 2. The Morgan fingerprint density at radius 1 is 1.08 bits per heavy atom. The zero-order valence-corrected chi connectivity index (χ0v) is 14.2. The minimum Gasteiger partial charge on any atom is -0.330 e. The number of aromatic nitrogens is 2. The number of amides is 1. The van der Waals surface area contributed by atoms with Crippen LogP contribution in [0.3, 0.4) is 0 Å². The number of hydrogen-bond donors (Lipinski definition) is 0. The van der Waals surface area contributed by atoms with Gasteiger partial charge >= 0.3 is 0 Å². The van der Waals surface area contributed by atoms with Crippen LogP contribution in [0.4, 0.5) is 0 Å². The van der Waals surface area contributed by atoms with Crippen molar-refractivity contribution in [3.8, 4) is 0 Å². The lowest BCUT2D eigenvalue weighted by atomic mass is 10.0. The van der Waals surface area contributed by atoms with Gasteiger partial charge in [0.05, 0.1) is 16.3 Å². The van der Waals surface area contributed by atoms with Crippen LogP contribution in [0, 0.1) is 0 Å². The molecule has 0 saturated carbocycles. The topological polar surface area (TPSA) is 46.1 Å². The van der Waals surface area contributed by atoms with Crippen LogP contribution in [0.25, 0.3) is 10.2 Å². The number of thiazole rings is 1. The molecule has 0 aliphatic carbocycles. The van der Waals surface area contributed by atoms with Crippen LogP contribution >= 0.6 is 11.3 Å². The maximum atomic E-state index is 13.2. The highest BCUT2D eigenvalue weighted by atomic mass is 32.1. The molecule has 1 fully saturated rings. The number of hydrogen-bond acceptors (Lipinski definition) is 4. The SMILES string of the molecule is O=C(c1nc2ccccc2s1)N1CCCCCC1c1ccncc1. The molecule has 1 saturated heterocycles. The molecule has 1 aliphatic rings. The molecule has 24 heavy (non-hydrogen) atoms. The zero-order valence-electron chi connectivity index (χ0n) is 13.4. The van der Waals surface area contributed by atoms with E-state index >= 15 is 0 Å². The molecule has 3 aromatic rings. The summed E-state index contributed by atoms with van der Waals surface area (Å²) in [6, 6.07) is 12.1. The summed E-state index contributed by atoms with van der Waals surface area (Å²) < 4.78 is 1.07. The number of nitrogens with zero attached hydrogens (tertiary/aromatic N) is 3. The Morgan fingerprint density at radius 3 is 2.75 bits per heavy atom. The number of carbonyl (C=O) groups is 1. The van der Waals surface area contributed by atoms with Crippen molar-refractivity contribution >= 4 is 27.5 Å². The van der Waals surface area contributed by atoms with Crippen molar-refractivity contribution in [1.82, 2.24) is 14.9 Å². The Balaban J connectivity index is 1.69. The molecule has 1 amide bonds. The number of pyridine rings is 1. The molecule has 5 heteroatoms. The molecule has 1 atom stereocenters. The van der Waals surface area contributed by atoms with Gasteiger partial charge in [-0.15, -0.1) is 11.3 Å². The van der Waals surface area contributed by atoms with E-state index in [0.717, 1.165) is 36.0 Å². The Kier molecular flexibility index (Phi) is 4.26. The highest BCUT2D eigenvalue weighted by Crippen LogP contribution is 2.32. The summed E-state index contributed by atoms with van der Waals surface area (Å²) in [4.78, 5) is 23.8. The molecule has 0 spiro atoms. The third-order valence-corrected chi connectivity index (χ3v) is 5.61. The molecule has 1 unspecified atom stereocenters. The van der Waals surface area contributed by atoms with Crippen molar-refractivity contribution < 1.29 is 4.79 Å². The fourth-order valence-corrected chi connectivity index (χ4v) is 4.29. The van der Waals surface area contributed by atoms with Gasteiger partial charge in [0.1, 0.15) is 0 Å². The lowest BCUT2D eigenvalue weighted by Crippen LogP contribution is -2.34. The lowest BCUT2D eigenvalue weighted by Gasteiger charge is -2.29. The zero-order chi connectivity index (χ0) is 16.4. The smallest absolute Gasteiger partial charge is 0.283 e. The summed E-state index contributed by atoms with van der Waals surface area (Å²) in [6.45, 7) is 0.793. The molecule has 0 radical (unpaired) electrons. The van der Waals surface area contributed by atoms with Gasteiger partial charge < -0.3 is 4.90 Å². The summed E-state index contributed by atoms with van der Waals surface area (Å²) in [5, 5.41) is 0.595. The Labute approximate surface area is 145 Å². The second-order valence-corrected chi connectivity index (χ2v) is 7.16. The van der Waals surface area contributed by atoms with Crippen LogP contribution in [0.2, 0.25) is 0 Å². The lowest BCUT2D eigenvalue weighted by molar-refractivity contribution is 0.0680. The van der Waals surface area contributed by atoms with Gasteiger partial charge in [0, 0.05) is 18.9 Å². The molecule has 0 N–H and O–H groups in total. The van der Waals surface area contributed by atoms with E-state index in [1.165, 1.54) is 23.3 Å². The Hall–Kier alpha value is -2.27. The quantitative estimate of drug-likeness (QED) is 0.694. The predicted molar refractivity (Wildman–Crippen MR) is 96.1 cm³/mol. The second kappa shape index (κ2) is 6.69. The van der Waals surface area contributed by atoms with Gasteiger partial charge in [0.25, 0.3) is 5.91 Å². The highest BCUT2D eigenvalue weighted by Gasteiger charge is 2.29. The average molecular weight is 337 g/mol. The molecule has 122 valence electrons. The standard InChI is InChI=1S/C19H19N3OS/c23-19(18-21-15-6-3-4-8-17(15)24-18)22-13-5-1-2-7-16(22)14-9-11-20-12-10-14/h3-4,6,8-12,16H,1-2,5,7,13H2. The third-order valence-electron chi connectivity index (χ3n) is 4.58. The van der Waals surface area contributed by atoms with Gasteiger partial charge in [0.15, 0.2) is 5.01 Å². The van der Waals surface area contributed by atoms with Crippen molar-refractivity contribution in [2.75, 3.05) is 6.54 Å². The van der Waals surface area contributed by atoms with Gasteiger partial charge in [-0.3, -0.25) is 9.78 Å². The Bertz CT molecular complexity index is 813. The fraction of sp³-hybridized carbons (Fsp3) is 0.316. The van der Waals surface area contributed by atoms with Crippen LogP contribution in [-0.4, -0.2) is 27.3 Å². The van der Waals surface area contributed by atoms with Crippen molar-refractivity contribution in [3.05, 3.63) is 59.4 Å². The monoisotopic (exact) mass is 337 g/mol. The molecule has 3 heterocycles. The number of benzene rings is 1. The summed E-state index contributed by atoms with van der Waals surface area (Å²) >= 11 is 1.49. The maximum Gasteiger partial charge on any atom is 0.283 e. The number of fused-ring (bicyclic) bond motifs is 1. The van der Waals surface area contributed by atoms with Crippen LogP contribution in [0.5, 0.6) is 0 Å². The van der Waals surface area contributed by atoms with Crippen LogP contribution < -0.4 is 0 Å². The number of para-hydroxylation sites is 1. The third kappa shape index (κ3) is 2.91. The Morgan fingerprint density at radius 2 is 1.92 bits per heavy atom. The van der Waals surface area contributed by atoms with E-state index < -0.39 is 0 Å². The van der Waals surface area contributed by atoms with Crippen LogP contribution in [0.1, 0.15) is 47.1 Å². The van der Waals surface area contributed by atoms with Crippen molar-refractivity contribution in [2.45, 2.75) is 31.7 Å². The van der Waals surface area contributed by atoms with Crippen LogP contribution in [-0.2, 0) is 0 Å². The fourth-order valence-electron chi connectivity index (χ4n) is 3.37. The second-order valence-electron chi connectivity index (χ2n) is 6.13. The minimum absolute atomic E-state index is 0.0555. The normalized spacial score (nSPS) is 18.5. The number of carbonyl (C=O) groups excluding carboxylic acids is 1. The summed E-state index contributed by atoms with van der Waals surface area (Å²) in [5.74, 6) is 0.0555. The van der Waals surface area contributed by atoms with Gasteiger partial charge in [-0.05, 0) is 42.7 Å². The summed E-state index contributed by atoms with van der Waals surface area (Å²) in [6.07, 6.45) is 7.99. The van der Waals surface area contributed by atoms with E-state index in [2.05, 4.69) is 9.97 Å². The first-order chi connectivity index (χ1) is 11.8. The molecule has 4 nitrogen and oxygen atoms in total. The van der Waals surface area contributed by atoms with Crippen molar-refractivity contribution in [2.24, 2.45) is 0 Å². The molecule has 0 bridgehead atoms. The van der Waals surface area contributed by atoms with E-state index in [0.29, 0.717) is 5.01 Å². The number of likely N-dealkylation sites (tertiary alicyclic amines) is 1. The van der Waals surface area contributed by atoms with Crippen molar-refractivity contribution in [3.63, 3.8) is 0 Å². The maximum absolute atomic E-state index is 13.2. The molecule has 4 rings (SSSR count). The largest absolute Gasteiger partial charge is 0.330 e. The van der Waals surface area contributed by atoms with E-state index in [1.807, 2.05) is 41.3 Å². The first kappa shape index (κ1) is 15.3. The minimum atomic E-state index is 0.0555. The molecule has 2 aromatic heterocycles. The summed E-state index contributed by atoms with van der Waals surface area (Å²) in [5.41, 5.74) is 2.07. The average Bonchev–Trinajstić information content (AvgIpc) is 2.91. The molecular formula is C19H19N3OS. The van der Waals surface area contributed by atoms with Gasteiger partial charge in [0.2, 0.25) is 0 Å². The molecular weight excluding hydrogens is 318 g/mol. The molecule has 1 aromatic carbocycles. The van der Waals surface area contributed by atoms with Gasteiger partial charge in [-0.1, -0.05) is 25.0 Å². The van der Waals surface area contributed by atoms with Gasteiger partial charge in [-0.25, -0.2) is 4.98 Å². The van der Waals surface area contributed by atoms with E-state index in [9.17, 15) is 4.79 Å². The van der Waals surface area contributed by atoms with Crippen LogP contribution in [0.15, 0.2) is 48.8 Å². The van der Waals surface area contributed by atoms with E-state index in [-0.39, 0.29) is 11.9 Å². The first-order valence-electron chi connectivity index (χ1n) is 8.39. The predicted octanol–water partition coefficient (Wildman–Crippen LogP) is 4.45. The first-order valence-corrected chi connectivity index (χ1v) is 9.21. The van der Waals surface area contributed by atoms with E-state index in [1.54, 1.807) is 12.4 Å².